The highest BCUT2D eigenvalue weighted by Gasteiger charge is 2.32. The lowest BCUT2D eigenvalue weighted by Crippen LogP contribution is -2.31. The highest BCUT2D eigenvalue weighted by Crippen LogP contribution is 2.28. The minimum absolute atomic E-state index is 0.0559. The fraction of sp³-hybridized carbons (Fsp3) is 0.400. The van der Waals surface area contributed by atoms with Crippen molar-refractivity contribution in [3.8, 4) is 5.75 Å². The molecule has 1 aliphatic rings. The number of likely N-dealkylation sites (N-methyl/N-ethyl adjacent to an activating group) is 1. The van der Waals surface area contributed by atoms with Crippen molar-refractivity contribution in [3.05, 3.63) is 45.9 Å². The number of rotatable bonds is 8. The SMILES string of the molecule is COc1ccc(CN(C)C(=O)COC(=O)c2sccc2S(=O)(=O)N2CCCC2)cc1F. The number of hydrogen-bond acceptors (Lipinski definition) is 7. The Morgan fingerprint density at radius 2 is 1.94 bits per heavy atom. The quantitative estimate of drug-likeness (QED) is 0.551. The van der Waals surface area contributed by atoms with E-state index in [4.69, 9.17) is 9.47 Å². The minimum Gasteiger partial charge on any atom is -0.494 e. The molecule has 0 spiro atoms. The first-order valence-corrected chi connectivity index (χ1v) is 11.9. The van der Waals surface area contributed by atoms with Gasteiger partial charge in [-0.3, -0.25) is 4.79 Å². The van der Waals surface area contributed by atoms with E-state index in [0.717, 1.165) is 24.2 Å². The predicted molar refractivity (Wildman–Crippen MR) is 112 cm³/mol. The molecule has 2 heterocycles. The average Bonchev–Trinajstić information content (AvgIpc) is 3.44. The van der Waals surface area contributed by atoms with Crippen molar-refractivity contribution in [2.75, 3.05) is 33.9 Å². The van der Waals surface area contributed by atoms with Crippen LogP contribution in [0.5, 0.6) is 5.75 Å². The molecule has 1 saturated heterocycles. The number of nitrogens with zero attached hydrogens (tertiary/aromatic N) is 2. The van der Waals surface area contributed by atoms with E-state index in [1.165, 1.54) is 46.9 Å². The van der Waals surface area contributed by atoms with Crippen molar-refractivity contribution in [1.82, 2.24) is 9.21 Å². The Balaban J connectivity index is 1.60. The fourth-order valence-corrected chi connectivity index (χ4v) is 5.99. The zero-order valence-corrected chi connectivity index (χ0v) is 18.8. The molecule has 2 aromatic rings. The zero-order valence-electron chi connectivity index (χ0n) is 17.2. The van der Waals surface area contributed by atoms with Gasteiger partial charge >= 0.3 is 5.97 Å². The second-order valence-electron chi connectivity index (χ2n) is 7.02. The predicted octanol–water partition coefficient (Wildman–Crippen LogP) is 2.50. The van der Waals surface area contributed by atoms with Gasteiger partial charge in [0.05, 0.1) is 7.11 Å². The third-order valence-electron chi connectivity index (χ3n) is 4.89. The van der Waals surface area contributed by atoms with Crippen LogP contribution in [0.15, 0.2) is 34.5 Å². The van der Waals surface area contributed by atoms with Crippen molar-refractivity contribution in [2.24, 2.45) is 0 Å². The lowest BCUT2D eigenvalue weighted by Gasteiger charge is -2.18. The maximum absolute atomic E-state index is 13.8. The summed E-state index contributed by atoms with van der Waals surface area (Å²) in [5.41, 5.74) is 0.540. The number of hydrogen-bond donors (Lipinski definition) is 0. The number of benzene rings is 1. The summed E-state index contributed by atoms with van der Waals surface area (Å²) in [6.45, 7) is 0.379. The summed E-state index contributed by atoms with van der Waals surface area (Å²) in [7, 11) is -0.923. The van der Waals surface area contributed by atoms with Gasteiger partial charge in [0.1, 0.15) is 9.77 Å². The number of halogens is 1. The summed E-state index contributed by atoms with van der Waals surface area (Å²) in [5.74, 6) is -1.82. The van der Waals surface area contributed by atoms with Crippen LogP contribution in [-0.2, 0) is 26.1 Å². The van der Waals surface area contributed by atoms with Crippen LogP contribution in [0.1, 0.15) is 28.1 Å². The molecule has 3 rings (SSSR count). The van der Waals surface area contributed by atoms with Crippen molar-refractivity contribution in [2.45, 2.75) is 24.3 Å². The summed E-state index contributed by atoms with van der Waals surface area (Å²) in [6.07, 6.45) is 1.56. The van der Waals surface area contributed by atoms with Gasteiger partial charge in [-0.15, -0.1) is 11.3 Å². The Kier molecular flexibility index (Phi) is 7.29. The topological polar surface area (TPSA) is 93.2 Å². The molecule has 0 saturated carbocycles. The summed E-state index contributed by atoms with van der Waals surface area (Å²) in [5, 5.41) is 1.51. The van der Waals surface area contributed by atoms with Crippen LogP contribution in [0.2, 0.25) is 0 Å². The normalized spacial score (nSPS) is 14.4. The third-order valence-corrected chi connectivity index (χ3v) is 7.85. The highest BCUT2D eigenvalue weighted by molar-refractivity contribution is 7.89. The molecule has 1 fully saturated rings. The summed E-state index contributed by atoms with van der Waals surface area (Å²) in [4.78, 5) is 25.9. The van der Waals surface area contributed by atoms with Gasteiger partial charge in [0.25, 0.3) is 5.91 Å². The maximum Gasteiger partial charge on any atom is 0.350 e. The lowest BCUT2D eigenvalue weighted by molar-refractivity contribution is -0.133. The molecule has 1 aliphatic heterocycles. The molecule has 31 heavy (non-hydrogen) atoms. The van der Waals surface area contributed by atoms with Gasteiger partial charge in [-0.05, 0) is 42.0 Å². The average molecular weight is 471 g/mol. The smallest absolute Gasteiger partial charge is 0.350 e. The van der Waals surface area contributed by atoms with Crippen LogP contribution in [-0.4, -0.2) is 63.4 Å². The lowest BCUT2D eigenvalue weighted by atomic mass is 10.2. The van der Waals surface area contributed by atoms with E-state index >= 15 is 0 Å². The molecule has 1 aromatic carbocycles. The number of sulfonamides is 1. The molecule has 11 heteroatoms. The van der Waals surface area contributed by atoms with E-state index in [0.29, 0.717) is 18.7 Å². The Hall–Kier alpha value is -2.50. The van der Waals surface area contributed by atoms with Crippen LogP contribution in [0.3, 0.4) is 0 Å². The Morgan fingerprint density at radius 3 is 2.58 bits per heavy atom. The molecule has 0 unspecified atom stereocenters. The molecule has 0 atom stereocenters. The number of carbonyl (C=O) groups is 2. The first-order chi connectivity index (χ1) is 14.7. The van der Waals surface area contributed by atoms with Crippen molar-refractivity contribution in [3.63, 3.8) is 0 Å². The van der Waals surface area contributed by atoms with Gasteiger partial charge in [0.15, 0.2) is 18.2 Å². The molecule has 0 aliphatic carbocycles. The third kappa shape index (κ3) is 5.23. The number of carbonyl (C=O) groups excluding carboxylic acids is 2. The van der Waals surface area contributed by atoms with Crippen molar-refractivity contribution >= 4 is 33.2 Å². The fourth-order valence-electron chi connectivity index (χ4n) is 3.19. The van der Waals surface area contributed by atoms with Gasteiger partial charge in [-0.1, -0.05) is 6.07 Å². The monoisotopic (exact) mass is 470 g/mol. The summed E-state index contributed by atoms with van der Waals surface area (Å²) < 4.78 is 50.6. The molecule has 168 valence electrons. The second kappa shape index (κ2) is 9.75. The molecule has 0 bridgehead atoms. The van der Waals surface area contributed by atoms with Gasteiger partial charge < -0.3 is 14.4 Å². The number of ether oxygens (including phenoxy) is 2. The Bertz CT molecular complexity index is 1060. The standard InChI is InChI=1S/C20H23FN2O6S2/c1-22(12-14-5-6-16(28-2)15(21)11-14)18(24)13-29-20(25)19-17(7-10-30-19)31(26,27)23-8-3-4-9-23/h5-7,10-11H,3-4,8-9,12-13H2,1-2H3. The number of thiophene rings is 1. The van der Waals surface area contributed by atoms with Crippen LogP contribution in [0.25, 0.3) is 0 Å². The Labute approximate surface area is 184 Å². The number of esters is 1. The number of methoxy groups -OCH3 is 1. The first kappa shape index (κ1) is 23.2. The maximum atomic E-state index is 13.8. The summed E-state index contributed by atoms with van der Waals surface area (Å²) >= 11 is 0.952. The van der Waals surface area contributed by atoms with E-state index < -0.39 is 34.3 Å². The summed E-state index contributed by atoms with van der Waals surface area (Å²) in [6, 6.07) is 5.72. The van der Waals surface area contributed by atoms with Crippen molar-refractivity contribution < 1.29 is 31.9 Å². The molecule has 8 nitrogen and oxygen atoms in total. The van der Waals surface area contributed by atoms with Crippen LogP contribution in [0, 0.1) is 5.82 Å². The molecule has 0 N–H and O–H groups in total. The molecular formula is C20H23FN2O6S2. The van der Waals surface area contributed by atoms with Crippen LogP contribution in [0.4, 0.5) is 4.39 Å². The van der Waals surface area contributed by atoms with Gasteiger partial charge in [-0.2, -0.15) is 4.31 Å². The highest BCUT2D eigenvalue weighted by atomic mass is 32.2. The van der Waals surface area contributed by atoms with E-state index in [2.05, 4.69) is 0 Å². The van der Waals surface area contributed by atoms with E-state index in [9.17, 15) is 22.4 Å². The molecule has 1 aromatic heterocycles. The second-order valence-corrected chi connectivity index (χ2v) is 9.84. The molecule has 1 amide bonds. The van der Waals surface area contributed by atoms with E-state index in [1.807, 2.05) is 0 Å². The van der Waals surface area contributed by atoms with Gasteiger partial charge in [-0.25, -0.2) is 17.6 Å². The minimum atomic E-state index is -3.77. The first-order valence-electron chi connectivity index (χ1n) is 9.55. The Morgan fingerprint density at radius 1 is 1.23 bits per heavy atom. The van der Waals surface area contributed by atoms with Crippen LogP contribution >= 0.6 is 11.3 Å². The number of amides is 1. The van der Waals surface area contributed by atoms with E-state index in [1.54, 1.807) is 6.07 Å². The van der Waals surface area contributed by atoms with Gasteiger partial charge in [0, 0.05) is 26.7 Å². The zero-order chi connectivity index (χ0) is 22.6. The van der Waals surface area contributed by atoms with E-state index in [-0.39, 0.29) is 22.1 Å². The largest absolute Gasteiger partial charge is 0.494 e. The van der Waals surface area contributed by atoms with Gasteiger partial charge in [0.2, 0.25) is 10.0 Å². The molecular weight excluding hydrogens is 447 g/mol. The van der Waals surface area contributed by atoms with Crippen molar-refractivity contribution in [1.29, 1.82) is 0 Å². The molecule has 0 radical (unpaired) electrons. The van der Waals surface area contributed by atoms with Crippen LogP contribution < -0.4 is 4.74 Å².